The molecule has 0 radical (unpaired) electrons. The number of hydrogen-bond donors (Lipinski definition) is 1. The molecule has 0 unspecified atom stereocenters. The monoisotopic (exact) mass is 270 g/mol. The summed E-state index contributed by atoms with van der Waals surface area (Å²) in [5, 5.41) is 0. The first-order valence-electron chi connectivity index (χ1n) is 5.50. The minimum absolute atomic E-state index is 0.430. The van der Waals surface area contributed by atoms with Gasteiger partial charge in [-0.15, -0.1) is 0 Å². The Balaban J connectivity index is 2.16. The molecule has 7 heteroatoms. The third-order valence-corrected chi connectivity index (χ3v) is 3.30. The zero-order chi connectivity index (χ0) is 13.2. The Morgan fingerprint density at radius 1 is 1.56 bits per heavy atom. The second-order valence-corrected chi connectivity index (χ2v) is 5.96. The van der Waals surface area contributed by atoms with Crippen LogP contribution in [0.5, 0.6) is 0 Å². The van der Waals surface area contributed by atoms with Gasteiger partial charge in [-0.05, 0) is 18.1 Å². The van der Waals surface area contributed by atoms with Gasteiger partial charge in [0.05, 0.1) is 18.3 Å². The summed E-state index contributed by atoms with van der Waals surface area (Å²) in [5.74, 6) is -1.02. The van der Waals surface area contributed by atoms with Crippen molar-refractivity contribution in [1.82, 2.24) is 9.71 Å². The van der Waals surface area contributed by atoms with E-state index < -0.39 is 28.0 Å². The van der Waals surface area contributed by atoms with Crippen molar-refractivity contribution in [2.45, 2.75) is 12.5 Å². The van der Waals surface area contributed by atoms with E-state index in [9.17, 15) is 13.2 Å². The fourth-order valence-corrected chi connectivity index (χ4v) is 2.51. The Hall–Kier alpha value is -1.47. The van der Waals surface area contributed by atoms with Gasteiger partial charge in [-0.1, -0.05) is 6.07 Å². The molecule has 0 spiro atoms. The van der Waals surface area contributed by atoms with Gasteiger partial charge in [0.2, 0.25) is 15.9 Å². The van der Waals surface area contributed by atoms with Gasteiger partial charge in [-0.2, -0.15) is 0 Å². The predicted octanol–water partition coefficient (Wildman–Crippen LogP) is 0.235. The van der Waals surface area contributed by atoms with Crippen molar-refractivity contribution in [3.8, 4) is 0 Å². The number of pyridine rings is 1. The van der Waals surface area contributed by atoms with Crippen LogP contribution >= 0.6 is 0 Å². The molecule has 1 amide bonds. The topological polar surface area (TPSA) is 85.4 Å². The number of nitrogens with zero attached hydrogens (tertiary/aromatic N) is 1. The molecular weight excluding hydrogens is 256 g/mol. The van der Waals surface area contributed by atoms with Crippen LogP contribution in [0, 0.1) is 5.92 Å². The minimum Gasteiger partial charge on any atom is -0.373 e. The molecule has 1 saturated heterocycles. The van der Waals surface area contributed by atoms with Crippen LogP contribution in [0.4, 0.5) is 0 Å². The lowest BCUT2D eigenvalue weighted by Gasteiger charge is -2.17. The molecule has 98 valence electrons. The van der Waals surface area contributed by atoms with E-state index in [0.29, 0.717) is 13.0 Å². The molecule has 0 aliphatic carbocycles. The second kappa shape index (κ2) is 5.03. The highest BCUT2D eigenvalue weighted by molar-refractivity contribution is 7.89. The number of aromatic nitrogens is 1. The molecule has 0 bridgehead atoms. The average Bonchev–Trinajstić information content (AvgIpc) is 2.76. The molecule has 1 aromatic heterocycles. The Bertz CT molecular complexity index is 529. The Morgan fingerprint density at radius 2 is 2.33 bits per heavy atom. The summed E-state index contributed by atoms with van der Waals surface area (Å²) < 4.78 is 29.6. The molecule has 2 rings (SSSR count). The lowest BCUT2D eigenvalue weighted by atomic mass is 9.96. The van der Waals surface area contributed by atoms with Gasteiger partial charge in [-0.25, -0.2) is 8.42 Å². The van der Waals surface area contributed by atoms with Crippen LogP contribution in [0.3, 0.4) is 0 Å². The third kappa shape index (κ3) is 3.05. The van der Waals surface area contributed by atoms with Crippen molar-refractivity contribution < 1.29 is 17.9 Å². The van der Waals surface area contributed by atoms with Gasteiger partial charge >= 0.3 is 0 Å². The van der Waals surface area contributed by atoms with E-state index in [1.807, 2.05) is 10.8 Å². The quantitative estimate of drug-likeness (QED) is 0.850. The lowest BCUT2D eigenvalue weighted by molar-refractivity contribution is -0.124. The van der Waals surface area contributed by atoms with E-state index in [1.54, 1.807) is 18.5 Å². The maximum Gasteiger partial charge on any atom is 0.239 e. The van der Waals surface area contributed by atoms with Crippen LogP contribution in [0.15, 0.2) is 24.5 Å². The van der Waals surface area contributed by atoms with Gasteiger partial charge in [0, 0.05) is 19.0 Å². The third-order valence-electron chi connectivity index (χ3n) is 2.73. The highest BCUT2D eigenvalue weighted by Crippen LogP contribution is 2.34. The molecule has 0 saturated carbocycles. The van der Waals surface area contributed by atoms with Gasteiger partial charge in [0.25, 0.3) is 0 Å². The average molecular weight is 270 g/mol. The summed E-state index contributed by atoms with van der Waals surface area (Å²) in [4.78, 5) is 15.8. The van der Waals surface area contributed by atoms with E-state index >= 15 is 0 Å². The van der Waals surface area contributed by atoms with Crippen molar-refractivity contribution >= 4 is 15.9 Å². The minimum atomic E-state index is -3.54. The first-order valence-corrected chi connectivity index (χ1v) is 7.39. The van der Waals surface area contributed by atoms with Crippen molar-refractivity contribution in [2.75, 3.05) is 12.9 Å². The predicted molar refractivity (Wildman–Crippen MR) is 64.0 cm³/mol. The Kier molecular flexibility index (Phi) is 3.63. The fraction of sp³-hybridized carbons (Fsp3) is 0.455. The number of ether oxygens (including phenoxy) is 1. The molecule has 6 nitrogen and oxygen atoms in total. The maximum atomic E-state index is 11.9. The second-order valence-electron chi connectivity index (χ2n) is 4.21. The number of carbonyl (C=O) groups excluding carboxylic acids is 1. The Morgan fingerprint density at radius 3 is 2.94 bits per heavy atom. The number of nitrogens with one attached hydrogen (secondary N) is 1. The van der Waals surface area contributed by atoms with Crippen molar-refractivity contribution in [3.05, 3.63) is 30.1 Å². The molecule has 1 aliphatic rings. The zero-order valence-corrected chi connectivity index (χ0v) is 10.7. The normalized spacial score (nSPS) is 23.8. The van der Waals surface area contributed by atoms with E-state index in [2.05, 4.69) is 4.98 Å². The smallest absolute Gasteiger partial charge is 0.239 e. The van der Waals surface area contributed by atoms with Crippen LogP contribution in [0.2, 0.25) is 0 Å². The maximum absolute atomic E-state index is 11.9. The van der Waals surface area contributed by atoms with Crippen LogP contribution in [-0.4, -0.2) is 32.2 Å². The summed E-state index contributed by atoms with van der Waals surface area (Å²) in [5.41, 5.74) is 0.781. The number of rotatable bonds is 3. The molecule has 1 aliphatic heterocycles. The summed E-state index contributed by atoms with van der Waals surface area (Å²) in [7, 11) is -3.54. The van der Waals surface area contributed by atoms with E-state index in [-0.39, 0.29) is 0 Å². The molecule has 1 fully saturated rings. The highest BCUT2D eigenvalue weighted by Gasteiger charge is 2.36. The van der Waals surface area contributed by atoms with Gasteiger partial charge < -0.3 is 4.74 Å². The van der Waals surface area contributed by atoms with Gasteiger partial charge in [0.1, 0.15) is 0 Å². The first kappa shape index (κ1) is 13.0. The zero-order valence-electron chi connectivity index (χ0n) is 9.87. The standard InChI is InChI=1S/C11H14N2O4S/c1-18(15,16)13-11(14)9-4-6-17-10(9)8-3-2-5-12-7-8/h2-3,5,7,9-10H,4,6H2,1H3,(H,13,14)/t9-,10+/m0/s1. The molecule has 2 atom stereocenters. The van der Waals surface area contributed by atoms with E-state index in [4.69, 9.17) is 4.74 Å². The Labute approximate surface area is 105 Å². The van der Waals surface area contributed by atoms with Crippen LogP contribution in [-0.2, 0) is 19.6 Å². The van der Waals surface area contributed by atoms with E-state index in [0.717, 1.165) is 11.8 Å². The first-order chi connectivity index (χ1) is 8.47. The van der Waals surface area contributed by atoms with Crippen molar-refractivity contribution in [3.63, 3.8) is 0 Å². The van der Waals surface area contributed by atoms with Gasteiger partial charge in [0.15, 0.2) is 0 Å². The van der Waals surface area contributed by atoms with Gasteiger partial charge in [-0.3, -0.25) is 14.5 Å². The van der Waals surface area contributed by atoms with Crippen LogP contribution in [0.1, 0.15) is 18.1 Å². The highest BCUT2D eigenvalue weighted by atomic mass is 32.2. The van der Waals surface area contributed by atoms with Crippen LogP contribution in [0.25, 0.3) is 0 Å². The molecular formula is C11H14N2O4S. The summed E-state index contributed by atoms with van der Waals surface area (Å²) >= 11 is 0. The number of hydrogen-bond acceptors (Lipinski definition) is 5. The number of carbonyl (C=O) groups is 1. The molecule has 18 heavy (non-hydrogen) atoms. The summed E-state index contributed by atoms with van der Waals surface area (Å²) in [6.07, 6.45) is 4.28. The number of amides is 1. The molecule has 0 aromatic carbocycles. The fourth-order valence-electron chi connectivity index (χ4n) is 1.99. The largest absolute Gasteiger partial charge is 0.373 e. The molecule has 2 heterocycles. The van der Waals surface area contributed by atoms with E-state index in [1.165, 1.54) is 0 Å². The lowest BCUT2D eigenvalue weighted by Crippen LogP contribution is -2.36. The number of sulfonamides is 1. The molecule has 1 N–H and O–H groups in total. The molecule has 1 aromatic rings. The summed E-state index contributed by atoms with van der Waals surface area (Å²) in [6, 6.07) is 3.56. The summed E-state index contributed by atoms with van der Waals surface area (Å²) in [6.45, 7) is 0.432. The SMILES string of the molecule is CS(=O)(=O)NC(=O)[C@H]1CCO[C@@H]1c1cccnc1. The van der Waals surface area contributed by atoms with Crippen molar-refractivity contribution in [1.29, 1.82) is 0 Å². The van der Waals surface area contributed by atoms with Crippen LogP contribution < -0.4 is 4.72 Å². The van der Waals surface area contributed by atoms with Crippen molar-refractivity contribution in [2.24, 2.45) is 5.92 Å².